The molecule has 18 rings (SSSR count). The van der Waals surface area contributed by atoms with Crippen LogP contribution in [-0.4, -0.2) is 0 Å². The molecule has 15 aromatic rings. The maximum absolute atomic E-state index is 6.81. The predicted molar refractivity (Wildman–Crippen MR) is 386 cm³/mol. The zero-order chi connectivity index (χ0) is 61.2. The van der Waals surface area contributed by atoms with E-state index < -0.39 is 0 Å². The van der Waals surface area contributed by atoms with Gasteiger partial charge in [-0.2, -0.15) is 0 Å². The first-order valence-corrected chi connectivity index (χ1v) is 32.2. The molecule has 3 aliphatic rings. The first-order chi connectivity index (χ1) is 44.2. The second-order valence-corrected chi connectivity index (χ2v) is 28.1. The van der Waals surface area contributed by atoms with Gasteiger partial charge in [0.05, 0.1) is 0 Å². The van der Waals surface area contributed by atoms with E-state index in [1.165, 1.54) is 110 Å². The molecule has 434 valence electrons. The van der Waals surface area contributed by atoms with Gasteiger partial charge in [-0.05, 0) is 191 Å². The van der Waals surface area contributed by atoms with Gasteiger partial charge in [-0.25, -0.2) is 0 Å². The summed E-state index contributed by atoms with van der Waals surface area (Å²) in [5.41, 5.74) is 27.9. The molecule has 91 heavy (non-hydrogen) atoms. The van der Waals surface area contributed by atoms with Crippen LogP contribution in [-0.2, 0) is 10.8 Å². The fourth-order valence-electron chi connectivity index (χ4n) is 15.8. The monoisotopic (exact) mass is 1170 g/mol. The minimum Gasteiger partial charge on any atom is -0.456 e. The van der Waals surface area contributed by atoms with Crippen LogP contribution in [0.4, 0.5) is 0 Å². The zero-order valence-corrected chi connectivity index (χ0v) is 52.3. The van der Waals surface area contributed by atoms with Crippen molar-refractivity contribution in [3.63, 3.8) is 0 Å². The Bertz CT molecular complexity index is 5680. The third-order valence-electron chi connectivity index (χ3n) is 20.7. The van der Waals surface area contributed by atoms with Crippen molar-refractivity contribution in [1.82, 2.24) is 0 Å². The van der Waals surface area contributed by atoms with E-state index in [2.05, 4.69) is 309 Å². The van der Waals surface area contributed by atoms with E-state index in [-0.39, 0.29) is 22.2 Å². The Morgan fingerprint density at radius 2 is 0.912 bits per heavy atom. The maximum atomic E-state index is 6.81. The number of hydrogen-bond donors (Lipinski definition) is 0. The summed E-state index contributed by atoms with van der Waals surface area (Å²) in [4.78, 5) is 0. The highest BCUT2D eigenvalue weighted by Gasteiger charge is 2.46. The average Bonchev–Trinajstić information content (AvgIpc) is 1.72. The number of para-hydroxylation sites is 3. The van der Waals surface area contributed by atoms with Crippen LogP contribution in [0.5, 0.6) is 0 Å². The summed E-state index contributed by atoms with van der Waals surface area (Å²) in [6.07, 6.45) is 14.7. The van der Waals surface area contributed by atoms with Gasteiger partial charge in [0.15, 0.2) is 0 Å². The molecule has 0 N–H and O–H groups in total. The van der Waals surface area contributed by atoms with Crippen LogP contribution in [0.15, 0.2) is 275 Å². The summed E-state index contributed by atoms with van der Waals surface area (Å²) in [6.45, 7) is 16.4. The first-order valence-electron chi connectivity index (χ1n) is 32.2. The Balaban J connectivity index is 0.767. The van der Waals surface area contributed by atoms with Crippen LogP contribution in [0.1, 0.15) is 70.7 Å². The van der Waals surface area contributed by atoms with E-state index in [0.717, 1.165) is 77.3 Å². The molecule has 0 aliphatic heterocycles. The zero-order valence-electron chi connectivity index (χ0n) is 52.3. The van der Waals surface area contributed by atoms with Gasteiger partial charge in [0.1, 0.15) is 22.3 Å². The van der Waals surface area contributed by atoms with Gasteiger partial charge in [-0.15, -0.1) is 0 Å². The molecule has 2 unspecified atom stereocenters. The fourth-order valence-corrected chi connectivity index (χ4v) is 15.8. The summed E-state index contributed by atoms with van der Waals surface area (Å²) >= 11 is 0. The minimum atomic E-state index is -0.258. The molecule has 2 aromatic heterocycles. The summed E-state index contributed by atoms with van der Waals surface area (Å²) in [5, 5.41) is 12.3. The van der Waals surface area contributed by atoms with Crippen LogP contribution in [0.2, 0.25) is 0 Å². The lowest BCUT2D eigenvalue weighted by atomic mass is 9.55. The molecule has 2 heterocycles. The van der Waals surface area contributed by atoms with E-state index in [9.17, 15) is 0 Å². The van der Waals surface area contributed by atoms with Crippen LogP contribution in [0.3, 0.4) is 0 Å². The van der Waals surface area contributed by atoms with Crippen molar-refractivity contribution >= 4 is 88.3 Å². The fraction of sp³-hybridized carbons (Fsp3) is 0.124. The molecule has 3 aliphatic carbocycles. The summed E-state index contributed by atoms with van der Waals surface area (Å²) in [5.74, 6) is 0.210. The van der Waals surface area contributed by atoms with Crippen molar-refractivity contribution in [3.05, 3.63) is 288 Å². The van der Waals surface area contributed by atoms with Crippen molar-refractivity contribution < 1.29 is 8.83 Å². The lowest BCUT2D eigenvalue weighted by molar-refractivity contribution is 0.439. The number of hydrogen-bond acceptors (Lipinski definition) is 2. The normalized spacial score (nSPS) is 16.3. The molecule has 0 spiro atoms. The van der Waals surface area contributed by atoms with E-state index in [1.807, 2.05) is 6.07 Å². The van der Waals surface area contributed by atoms with Crippen LogP contribution < -0.4 is 0 Å². The van der Waals surface area contributed by atoms with Gasteiger partial charge in [0.25, 0.3) is 0 Å². The highest BCUT2D eigenvalue weighted by Crippen LogP contribution is 2.58. The van der Waals surface area contributed by atoms with Crippen LogP contribution >= 0.6 is 0 Å². The molecule has 0 saturated heterocycles. The smallest absolute Gasteiger partial charge is 0.143 e. The molecule has 0 bridgehead atoms. The Morgan fingerprint density at radius 1 is 0.352 bits per heavy atom. The van der Waals surface area contributed by atoms with Gasteiger partial charge in [0, 0.05) is 38.4 Å². The SMILES string of the molecule is CC(C)(C)C1=CC2C=Cc3c(-c4ccc(-c5cc(-c6ccc(-c7cc(-c8ccccc8)c8ccc9cc(C(C)(C)C)cc%10ccc7c8c9%10)cc6)c6c(c5)oc5ccccc56)cc4)cc(-c4cccc(-c5cccc6c5oc5ccccc56)c4)c4c3C2(C)C(=C1)C=C4. The van der Waals surface area contributed by atoms with Crippen molar-refractivity contribution in [1.29, 1.82) is 0 Å². The Morgan fingerprint density at radius 3 is 1.62 bits per heavy atom. The minimum absolute atomic E-state index is 0.0211. The molecule has 2 atom stereocenters. The van der Waals surface area contributed by atoms with Crippen molar-refractivity contribution in [3.8, 4) is 77.9 Å². The average molecular weight is 1170 g/mol. The highest BCUT2D eigenvalue weighted by molar-refractivity contribution is 6.28. The molecule has 0 saturated carbocycles. The summed E-state index contributed by atoms with van der Waals surface area (Å²) < 4.78 is 13.4. The van der Waals surface area contributed by atoms with E-state index in [1.54, 1.807) is 0 Å². The maximum Gasteiger partial charge on any atom is 0.143 e. The lowest BCUT2D eigenvalue weighted by Crippen LogP contribution is -2.39. The third-order valence-corrected chi connectivity index (χ3v) is 20.7. The van der Waals surface area contributed by atoms with E-state index in [4.69, 9.17) is 8.83 Å². The Labute approximate surface area is 530 Å². The van der Waals surface area contributed by atoms with Gasteiger partial charge < -0.3 is 8.83 Å². The second kappa shape index (κ2) is 19.5. The topological polar surface area (TPSA) is 26.3 Å². The standard InChI is InChI=1S/C89H66O2/c1-87(2,3)64-44-59-35-39-68-74(53-17-9-8-10-18-53)50-75(69-40-36-60(45-64)82(59)84(68)69)54-31-33-56(34-32-54)78-46-61(47-81-83(78)73-22-12-14-26-80(73)90-81)52-27-29-55(30-28-52)76-51-77(71-42-38-63-49-65(88(4,5)6)48-62-37-41-70(76)85(71)89(62,63)7)58-20-15-19-57(43-58)66-23-16-24-72-67-21-11-13-25-79(67)91-86(66)72/h8-51,62H,1-7H3. The highest BCUT2D eigenvalue weighted by atomic mass is 16.3. The van der Waals surface area contributed by atoms with Gasteiger partial charge in [-0.1, -0.05) is 273 Å². The lowest BCUT2D eigenvalue weighted by Gasteiger charge is -2.47. The number of allylic oxidation sites excluding steroid dienone is 6. The van der Waals surface area contributed by atoms with E-state index in [0.29, 0.717) is 0 Å². The number of rotatable bonds is 7. The predicted octanol–water partition coefficient (Wildman–Crippen LogP) is 25.2. The Hall–Kier alpha value is -10.5. The van der Waals surface area contributed by atoms with Gasteiger partial charge in [0.2, 0.25) is 0 Å². The molecule has 2 nitrogen and oxygen atoms in total. The largest absolute Gasteiger partial charge is 0.456 e. The molecular formula is C89H66O2. The van der Waals surface area contributed by atoms with Gasteiger partial charge >= 0.3 is 0 Å². The van der Waals surface area contributed by atoms with Crippen LogP contribution in [0.25, 0.3) is 166 Å². The molecule has 2 heteroatoms. The molecule has 0 fully saturated rings. The summed E-state index contributed by atoms with van der Waals surface area (Å²) in [7, 11) is 0. The number of fused-ring (bicyclic) bond motifs is 6. The number of benzene rings is 13. The van der Waals surface area contributed by atoms with Crippen LogP contribution in [0, 0.1) is 11.3 Å². The van der Waals surface area contributed by atoms with Crippen molar-refractivity contribution in [2.75, 3.05) is 0 Å². The van der Waals surface area contributed by atoms with Crippen molar-refractivity contribution in [2.24, 2.45) is 11.3 Å². The third kappa shape index (κ3) is 8.18. The quantitative estimate of drug-likeness (QED) is 0.149. The van der Waals surface area contributed by atoms with Crippen molar-refractivity contribution in [2.45, 2.75) is 59.3 Å². The second-order valence-electron chi connectivity index (χ2n) is 28.1. The Kier molecular flexibility index (Phi) is 11.4. The molecule has 13 aromatic carbocycles. The van der Waals surface area contributed by atoms with E-state index >= 15 is 0 Å². The van der Waals surface area contributed by atoms with Gasteiger partial charge in [-0.3, -0.25) is 0 Å². The number of furan rings is 2. The first kappa shape index (κ1) is 53.5. The molecule has 0 amide bonds. The molecular weight excluding hydrogens is 1100 g/mol. The summed E-state index contributed by atoms with van der Waals surface area (Å²) in [6, 6.07) is 85.8. The molecule has 0 radical (unpaired) electrons.